The van der Waals surface area contributed by atoms with Crippen molar-refractivity contribution in [2.75, 3.05) is 11.4 Å². The number of hydrogen-bond donors (Lipinski definition) is 0. The van der Waals surface area contributed by atoms with Crippen molar-refractivity contribution in [2.24, 2.45) is 0 Å². The van der Waals surface area contributed by atoms with Crippen molar-refractivity contribution in [3.63, 3.8) is 0 Å². The molecule has 0 radical (unpaired) electrons. The summed E-state index contributed by atoms with van der Waals surface area (Å²) >= 11 is 0. The van der Waals surface area contributed by atoms with Gasteiger partial charge in [-0.25, -0.2) is 9.97 Å². The summed E-state index contributed by atoms with van der Waals surface area (Å²) in [7, 11) is 0. The number of nitrogens with zero attached hydrogens (tertiary/aromatic N) is 5. The standard InChI is InChI=1S/C17H16F3N5/c1-2-8-25(10-13-4-3-7-23-24-13)16-14-9-12(17(18,19)20)5-6-15(14)21-11-22-16/h3-7,9,11H,2,8,10H2,1H3. The Kier molecular flexibility index (Phi) is 4.78. The summed E-state index contributed by atoms with van der Waals surface area (Å²) in [5, 5.41) is 8.26. The van der Waals surface area contributed by atoms with Gasteiger partial charge in [0.1, 0.15) is 12.1 Å². The Bertz CT molecular complexity index is 852. The molecule has 8 heteroatoms. The van der Waals surface area contributed by atoms with Crippen molar-refractivity contribution in [3.8, 4) is 0 Å². The highest BCUT2D eigenvalue weighted by atomic mass is 19.4. The summed E-state index contributed by atoms with van der Waals surface area (Å²) in [4.78, 5) is 10.2. The third kappa shape index (κ3) is 3.84. The van der Waals surface area contributed by atoms with Crippen molar-refractivity contribution in [1.29, 1.82) is 0 Å². The molecule has 0 aliphatic carbocycles. The summed E-state index contributed by atoms with van der Waals surface area (Å²) in [5.41, 5.74) is 0.472. The average Bonchev–Trinajstić information content (AvgIpc) is 2.60. The smallest absolute Gasteiger partial charge is 0.350 e. The molecular formula is C17H16F3N5. The second-order valence-corrected chi connectivity index (χ2v) is 5.56. The lowest BCUT2D eigenvalue weighted by atomic mass is 10.1. The molecule has 130 valence electrons. The van der Waals surface area contributed by atoms with Crippen molar-refractivity contribution in [1.82, 2.24) is 20.2 Å². The molecule has 0 amide bonds. The molecule has 0 saturated carbocycles. The molecule has 3 aromatic rings. The maximum atomic E-state index is 13.1. The number of alkyl halides is 3. The zero-order valence-electron chi connectivity index (χ0n) is 13.5. The predicted molar refractivity (Wildman–Crippen MR) is 87.9 cm³/mol. The van der Waals surface area contributed by atoms with E-state index in [1.165, 1.54) is 12.4 Å². The highest BCUT2D eigenvalue weighted by molar-refractivity contribution is 5.89. The number of anilines is 1. The van der Waals surface area contributed by atoms with E-state index in [-0.39, 0.29) is 0 Å². The van der Waals surface area contributed by atoms with Crippen LogP contribution in [-0.4, -0.2) is 26.7 Å². The van der Waals surface area contributed by atoms with Gasteiger partial charge in [0.2, 0.25) is 0 Å². The topological polar surface area (TPSA) is 54.8 Å². The van der Waals surface area contributed by atoms with Crippen LogP contribution in [0.4, 0.5) is 19.0 Å². The number of halogens is 3. The van der Waals surface area contributed by atoms with Gasteiger partial charge in [-0.1, -0.05) is 6.92 Å². The van der Waals surface area contributed by atoms with Gasteiger partial charge >= 0.3 is 6.18 Å². The Morgan fingerprint density at radius 2 is 1.96 bits per heavy atom. The maximum Gasteiger partial charge on any atom is 0.416 e. The quantitative estimate of drug-likeness (QED) is 0.702. The molecule has 1 aromatic carbocycles. The van der Waals surface area contributed by atoms with E-state index in [1.54, 1.807) is 12.3 Å². The Morgan fingerprint density at radius 3 is 2.64 bits per heavy atom. The molecule has 0 N–H and O–H groups in total. The molecule has 2 heterocycles. The van der Waals surface area contributed by atoms with Crippen LogP contribution in [0.5, 0.6) is 0 Å². The number of hydrogen-bond acceptors (Lipinski definition) is 5. The second kappa shape index (κ2) is 7.00. The molecule has 0 fully saturated rings. The Hall–Kier alpha value is -2.77. The van der Waals surface area contributed by atoms with Crippen molar-refractivity contribution in [2.45, 2.75) is 26.1 Å². The summed E-state index contributed by atoms with van der Waals surface area (Å²) in [6, 6.07) is 7.10. The molecule has 0 aliphatic rings. The summed E-state index contributed by atoms with van der Waals surface area (Å²) in [6.07, 6.45) is -0.667. The van der Waals surface area contributed by atoms with E-state index in [2.05, 4.69) is 20.2 Å². The van der Waals surface area contributed by atoms with Crippen molar-refractivity contribution in [3.05, 3.63) is 54.1 Å². The third-order valence-corrected chi connectivity index (χ3v) is 3.72. The van der Waals surface area contributed by atoms with Crippen LogP contribution in [0, 0.1) is 0 Å². The lowest BCUT2D eigenvalue weighted by Gasteiger charge is -2.24. The van der Waals surface area contributed by atoms with Gasteiger partial charge < -0.3 is 4.90 Å². The fourth-order valence-corrected chi connectivity index (χ4v) is 2.61. The number of aromatic nitrogens is 4. The van der Waals surface area contributed by atoms with Crippen LogP contribution in [0.3, 0.4) is 0 Å². The molecule has 2 aromatic heterocycles. The minimum Gasteiger partial charge on any atom is -0.350 e. The molecule has 0 atom stereocenters. The molecule has 25 heavy (non-hydrogen) atoms. The summed E-state index contributed by atoms with van der Waals surface area (Å²) in [6.45, 7) is 3.02. The van der Waals surface area contributed by atoms with E-state index >= 15 is 0 Å². The van der Waals surface area contributed by atoms with Gasteiger partial charge in [-0.05, 0) is 36.8 Å². The number of rotatable bonds is 5. The molecular weight excluding hydrogens is 331 g/mol. The minimum absolute atomic E-state index is 0.370. The van der Waals surface area contributed by atoms with E-state index in [1.807, 2.05) is 17.9 Å². The van der Waals surface area contributed by atoms with E-state index in [0.717, 1.165) is 24.2 Å². The molecule has 0 aliphatic heterocycles. The minimum atomic E-state index is -4.41. The average molecular weight is 347 g/mol. The SMILES string of the molecule is CCCN(Cc1cccnn1)c1ncnc2ccc(C(F)(F)F)cc12. The van der Waals surface area contributed by atoms with Crippen LogP contribution in [0.2, 0.25) is 0 Å². The van der Waals surface area contributed by atoms with Crippen LogP contribution < -0.4 is 4.90 Å². The monoisotopic (exact) mass is 347 g/mol. The molecule has 0 spiro atoms. The zero-order chi connectivity index (χ0) is 17.9. The first-order valence-corrected chi connectivity index (χ1v) is 7.82. The van der Waals surface area contributed by atoms with Gasteiger partial charge in [0, 0.05) is 18.1 Å². The van der Waals surface area contributed by atoms with Crippen molar-refractivity contribution < 1.29 is 13.2 Å². The molecule has 5 nitrogen and oxygen atoms in total. The molecule has 0 unspecified atom stereocenters. The summed E-state index contributed by atoms with van der Waals surface area (Å²) < 4.78 is 39.2. The highest BCUT2D eigenvalue weighted by Gasteiger charge is 2.31. The Morgan fingerprint density at radius 1 is 1.12 bits per heavy atom. The second-order valence-electron chi connectivity index (χ2n) is 5.56. The number of fused-ring (bicyclic) bond motifs is 1. The first-order chi connectivity index (χ1) is 12.0. The van der Waals surface area contributed by atoms with Crippen LogP contribution in [0.25, 0.3) is 10.9 Å². The third-order valence-electron chi connectivity index (χ3n) is 3.72. The fraction of sp³-hybridized carbons (Fsp3) is 0.294. The van der Waals surface area contributed by atoms with Crippen molar-refractivity contribution >= 4 is 16.7 Å². The Balaban J connectivity index is 2.07. The van der Waals surface area contributed by atoms with E-state index in [9.17, 15) is 13.2 Å². The van der Waals surface area contributed by atoms with Crippen LogP contribution in [-0.2, 0) is 12.7 Å². The lowest BCUT2D eigenvalue weighted by molar-refractivity contribution is -0.137. The number of benzene rings is 1. The van der Waals surface area contributed by atoms with Gasteiger partial charge in [-0.2, -0.15) is 23.4 Å². The first-order valence-electron chi connectivity index (χ1n) is 7.82. The van der Waals surface area contributed by atoms with Crippen LogP contribution >= 0.6 is 0 Å². The largest absolute Gasteiger partial charge is 0.416 e. The maximum absolute atomic E-state index is 13.1. The van der Waals surface area contributed by atoms with E-state index in [0.29, 0.717) is 29.8 Å². The van der Waals surface area contributed by atoms with Gasteiger partial charge in [0.15, 0.2) is 0 Å². The normalized spacial score (nSPS) is 11.7. The fourth-order valence-electron chi connectivity index (χ4n) is 2.61. The van der Waals surface area contributed by atoms with Gasteiger partial charge in [-0.15, -0.1) is 0 Å². The van der Waals surface area contributed by atoms with Gasteiger partial charge in [0.25, 0.3) is 0 Å². The lowest BCUT2D eigenvalue weighted by Crippen LogP contribution is -2.25. The molecule has 3 rings (SSSR count). The predicted octanol–water partition coefficient (Wildman–Crippen LogP) is 3.86. The van der Waals surface area contributed by atoms with Gasteiger partial charge in [0.05, 0.1) is 23.3 Å². The van der Waals surface area contributed by atoms with Gasteiger partial charge in [-0.3, -0.25) is 0 Å². The molecule has 0 saturated heterocycles. The van der Waals surface area contributed by atoms with E-state index in [4.69, 9.17) is 0 Å². The van der Waals surface area contributed by atoms with E-state index < -0.39 is 11.7 Å². The Labute approximate surface area is 142 Å². The highest BCUT2D eigenvalue weighted by Crippen LogP contribution is 2.33. The van der Waals surface area contributed by atoms with Crippen LogP contribution in [0.15, 0.2) is 42.9 Å². The summed E-state index contributed by atoms with van der Waals surface area (Å²) in [5.74, 6) is 0.462. The zero-order valence-corrected chi connectivity index (χ0v) is 13.5. The first kappa shape index (κ1) is 17.1. The van der Waals surface area contributed by atoms with Crippen LogP contribution in [0.1, 0.15) is 24.6 Å². The molecule has 0 bridgehead atoms.